The van der Waals surface area contributed by atoms with E-state index in [0.29, 0.717) is 0 Å². The van der Waals surface area contributed by atoms with E-state index in [-0.39, 0.29) is 36.3 Å². The number of rotatable bonds is 0. The fraction of sp³-hybridized carbons (Fsp3) is 0.500. The standard InChI is InChI=1S/2C2H4O2.ClH.Sn.2H/c2*1-2(3)4;;;;/h2*1H3,(H,3,4);1H;;;. The van der Waals surface area contributed by atoms with E-state index in [9.17, 15) is 0 Å². The molecule has 10 heavy (non-hydrogen) atoms. The van der Waals surface area contributed by atoms with Crippen LogP contribution in [0.2, 0.25) is 0 Å². The Morgan fingerprint density at radius 1 is 1.00 bits per heavy atom. The van der Waals surface area contributed by atoms with Crippen LogP contribution in [0.25, 0.3) is 0 Å². The number of carbonyl (C=O) groups is 2. The summed E-state index contributed by atoms with van der Waals surface area (Å²) in [7, 11) is 0. The molecular formula is C4H11ClO4Sn. The Kier molecular flexibility index (Phi) is 36.0. The molecule has 0 atom stereocenters. The van der Waals surface area contributed by atoms with Crippen LogP contribution in [0, 0.1) is 0 Å². The molecule has 0 rings (SSSR count). The van der Waals surface area contributed by atoms with E-state index < -0.39 is 11.9 Å². The molecule has 4 nitrogen and oxygen atoms in total. The second-order valence-corrected chi connectivity index (χ2v) is 1.04. The van der Waals surface area contributed by atoms with Crippen molar-refractivity contribution < 1.29 is 19.8 Å². The minimum absolute atomic E-state index is 0. The van der Waals surface area contributed by atoms with Gasteiger partial charge in [0.05, 0.1) is 0 Å². The third-order valence-electron chi connectivity index (χ3n) is 0. The number of hydrogen-bond donors (Lipinski definition) is 2. The summed E-state index contributed by atoms with van der Waals surface area (Å²) in [4.78, 5) is 18.0. The molecule has 0 aliphatic carbocycles. The van der Waals surface area contributed by atoms with Crippen molar-refractivity contribution in [2.75, 3.05) is 0 Å². The van der Waals surface area contributed by atoms with Gasteiger partial charge in [0.25, 0.3) is 11.9 Å². The molecule has 0 bridgehead atoms. The van der Waals surface area contributed by atoms with E-state index in [0.717, 1.165) is 13.8 Å². The quantitative estimate of drug-likeness (QED) is 0.596. The first-order valence-electron chi connectivity index (χ1n) is 1.86. The Bertz CT molecular complexity index is 75.3. The van der Waals surface area contributed by atoms with Crippen molar-refractivity contribution in [3.63, 3.8) is 0 Å². The van der Waals surface area contributed by atoms with Gasteiger partial charge in [0.15, 0.2) is 0 Å². The van der Waals surface area contributed by atoms with Gasteiger partial charge in [-0.1, -0.05) is 0 Å². The predicted octanol–water partition coefficient (Wildman–Crippen LogP) is -0.313. The van der Waals surface area contributed by atoms with Gasteiger partial charge in [-0.25, -0.2) is 0 Å². The number of hydrogen-bond acceptors (Lipinski definition) is 2. The van der Waals surface area contributed by atoms with E-state index in [2.05, 4.69) is 0 Å². The van der Waals surface area contributed by atoms with Crippen LogP contribution in [0.3, 0.4) is 0 Å². The van der Waals surface area contributed by atoms with Crippen molar-refractivity contribution in [2.24, 2.45) is 0 Å². The zero-order valence-electron chi connectivity index (χ0n) is 5.83. The van der Waals surface area contributed by atoms with Gasteiger partial charge >= 0.3 is 23.9 Å². The first-order chi connectivity index (χ1) is 3.46. The molecule has 0 fully saturated rings. The molecule has 0 saturated heterocycles. The molecule has 2 N–H and O–H groups in total. The Hall–Kier alpha value is 0.0287. The molecule has 0 amide bonds. The predicted molar refractivity (Wildman–Crippen MR) is 42.4 cm³/mol. The Balaban J connectivity index is -0.0000000300. The van der Waals surface area contributed by atoms with E-state index in [1.54, 1.807) is 0 Å². The molecule has 6 heteroatoms. The summed E-state index contributed by atoms with van der Waals surface area (Å²) in [6, 6.07) is 0. The average Bonchev–Trinajstić information content (AvgIpc) is 1.25. The summed E-state index contributed by atoms with van der Waals surface area (Å²) in [5, 5.41) is 14.8. The maximum atomic E-state index is 9.00. The van der Waals surface area contributed by atoms with Crippen molar-refractivity contribution >= 4 is 48.3 Å². The molecule has 0 saturated carbocycles. The molecule has 0 unspecified atom stereocenters. The van der Waals surface area contributed by atoms with Crippen LogP contribution in [0.15, 0.2) is 0 Å². The van der Waals surface area contributed by atoms with Crippen molar-refractivity contribution in [3.05, 3.63) is 0 Å². The summed E-state index contributed by atoms with van der Waals surface area (Å²) in [5.74, 6) is -1.67. The molecule has 0 heterocycles. The first kappa shape index (κ1) is 22.5. The van der Waals surface area contributed by atoms with Crippen molar-refractivity contribution in [3.8, 4) is 0 Å². The third kappa shape index (κ3) is 481000. The normalized spacial score (nSPS) is 5.00. The summed E-state index contributed by atoms with van der Waals surface area (Å²) < 4.78 is 0. The number of halogens is 1. The number of aliphatic carboxylic acids is 2. The van der Waals surface area contributed by atoms with Crippen LogP contribution in [0.5, 0.6) is 0 Å². The Morgan fingerprint density at radius 2 is 1.00 bits per heavy atom. The van der Waals surface area contributed by atoms with Crippen molar-refractivity contribution in [2.45, 2.75) is 13.8 Å². The van der Waals surface area contributed by atoms with E-state index >= 15 is 0 Å². The van der Waals surface area contributed by atoms with Crippen molar-refractivity contribution in [1.82, 2.24) is 0 Å². The molecule has 2 radical (unpaired) electrons. The second-order valence-electron chi connectivity index (χ2n) is 1.04. The van der Waals surface area contributed by atoms with Gasteiger partial charge in [-0.3, -0.25) is 9.59 Å². The summed E-state index contributed by atoms with van der Waals surface area (Å²) in [5.41, 5.74) is 0. The molecular weight excluding hydrogens is 266 g/mol. The zero-order valence-corrected chi connectivity index (χ0v) is 10.7. The van der Waals surface area contributed by atoms with Gasteiger partial charge in [0, 0.05) is 13.8 Å². The van der Waals surface area contributed by atoms with Crippen LogP contribution in [0.4, 0.5) is 0 Å². The fourth-order valence-corrected chi connectivity index (χ4v) is 0. The summed E-state index contributed by atoms with van der Waals surface area (Å²) in [6.45, 7) is 2.17. The topological polar surface area (TPSA) is 74.6 Å². The number of carboxylic acids is 2. The van der Waals surface area contributed by atoms with Gasteiger partial charge in [-0.05, 0) is 0 Å². The Morgan fingerprint density at radius 3 is 1.00 bits per heavy atom. The fourth-order valence-electron chi connectivity index (χ4n) is 0. The SMILES string of the molecule is CC(=O)O.CC(=O)O.Cl.[SnH2]. The Labute approximate surface area is 82.0 Å². The molecule has 62 valence electrons. The van der Waals surface area contributed by atoms with Gasteiger partial charge in [-0.2, -0.15) is 0 Å². The average molecular weight is 277 g/mol. The molecule has 0 aliphatic rings. The van der Waals surface area contributed by atoms with Crippen LogP contribution in [-0.2, 0) is 9.59 Å². The monoisotopic (exact) mass is 278 g/mol. The van der Waals surface area contributed by atoms with Crippen LogP contribution >= 0.6 is 12.4 Å². The third-order valence-corrected chi connectivity index (χ3v) is 0. The van der Waals surface area contributed by atoms with Gasteiger partial charge in [0.1, 0.15) is 0 Å². The molecule has 0 aromatic carbocycles. The van der Waals surface area contributed by atoms with E-state index in [4.69, 9.17) is 19.8 Å². The molecule has 0 aromatic rings. The zero-order chi connectivity index (χ0) is 7.15. The molecule has 0 aromatic heterocycles. The summed E-state index contributed by atoms with van der Waals surface area (Å²) >= 11 is 0. The van der Waals surface area contributed by atoms with Crippen LogP contribution < -0.4 is 0 Å². The number of carboxylic acid groups (broad SMARTS) is 2. The van der Waals surface area contributed by atoms with Crippen LogP contribution in [0.1, 0.15) is 13.8 Å². The van der Waals surface area contributed by atoms with Crippen molar-refractivity contribution in [1.29, 1.82) is 0 Å². The van der Waals surface area contributed by atoms with Gasteiger partial charge in [-0.15, -0.1) is 12.4 Å². The second kappa shape index (κ2) is 16.0. The summed E-state index contributed by atoms with van der Waals surface area (Å²) in [6.07, 6.45) is 0. The van der Waals surface area contributed by atoms with Crippen LogP contribution in [-0.4, -0.2) is 46.1 Å². The molecule has 0 spiro atoms. The van der Waals surface area contributed by atoms with Gasteiger partial charge < -0.3 is 10.2 Å². The molecule has 0 aliphatic heterocycles. The minimum atomic E-state index is -0.833. The van der Waals surface area contributed by atoms with E-state index in [1.807, 2.05) is 0 Å². The maximum absolute atomic E-state index is 9.00. The first-order valence-corrected chi connectivity index (χ1v) is 1.86. The van der Waals surface area contributed by atoms with Gasteiger partial charge in [0.2, 0.25) is 0 Å². The van der Waals surface area contributed by atoms with E-state index in [1.165, 1.54) is 0 Å².